The fourth-order valence-corrected chi connectivity index (χ4v) is 2.28. The molecule has 17 heavy (non-hydrogen) atoms. The van der Waals surface area contributed by atoms with Crippen LogP contribution in [0.1, 0.15) is 18.5 Å². The molecule has 1 aromatic heterocycles. The molecule has 1 saturated heterocycles. The molecule has 0 amide bonds. The number of anilines is 1. The zero-order chi connectivity index (χ0) is 12.3. The highest BCUT2D eigenvalue weighted by atomic mass is 15.3. The maximum Gasteiger partial charge on any atom is 0.151 e. The first-order chi connectivity index (χ1) is 8.20. The first-order valence-corrected chi connectivity index (χ1v) is 6.14. The monoisotopic (exact) mass is 235 g/mol. The molecule has 0 bridgehead atoms. The lowest BCUT2D eigenvalue weighted by Crippen LogP contribution is -2.37. The molecule has 2 heterocycles. The van der Waals surface area contributed by atoms with Gasteiger partial charge in [-0.1, -0.05) is 0 Å². The van der Waals surface area contributed by atoms with E-state index in [9.17, 15) is 0 Å². The lowest BCUT2D eigenvalue weighted by molar-refractivity contribution is 0.314. The molecule has 1 aliphatic rings. The van der Waals surface area contributed by atoms with Gasteiger partial charge in [0.25, 0.3) is 0 Å². The lowest BCUT2D eigenvalue weighted by atomic mass is 10.2. The van der Waals surface area contributed by atoms with Gasteiger partial charge in [-0.15, -0.1) is 5.10 Å². The fraction of sp³-hybridized carbons (Fsp3) is 0.667. The highest BCUT2D eigenvalue weighted by molar-refractivity contribution is 5.36. The SMILES string of the molecule is CN(CC1CCCN1C)c1ccc(CN)nn1. The Labute approximate surface area is 103 Å². The van der Waals surface area contributed by atoms with E-state index in [2.05, 4.69) is 34.1 Å². The van der Waals surface area contributed by atoms with Gasteiger partial charge in [-0.05, 0) is 38.6 Å². The van der Waals surface area contributed by atoms with Gasteiger partial charge < -0.3 is 15.5 Å². The summed E-state index contributed by atoms with van der Waals surface area (Å²) in [6.45, 7) is 2.66. The Hall–Kier alpha value is -1.20. The molecule has 1 fully saturated rings. The summed E-state index contributed by atoms with van der Waals surface area (Å²) in [5.74, 6) is 0.919. The van der Waals surface area contributed by atoms with Crippen LogP contribution in [0.5, 0.6) is 0 Å². The molecule has 0 saturated carbocycles. The number of nitrogens with zero attached hydrogens (tertiary/aromatic N) is 4. The third-order valence-electron chi connectivity index (χ3n) is 3.46. The fourth-order valence-electron chi connectivity index (χ4n) is 2.28. The molecule has 2 rings (SSSR count). The first kappa shape index (κ1) is 12.3. The van der Waals surface area contributed by atoms with Crippen molar-refractivity contribution in [1.29, 1.82) is 0 Å². The second-order valence-corrected chi connectivity index (χ2v) is 4.74. The molecule has 1 aromatic rings. The molecule has 0 radical (unpaired) electrons. The van der Waals surface area contributed by atoms with Crippen LogP contribution < -0.4 is 10.6 Å². The number of rotatable bonds is 4. The molecule has 0 spiro atoms. The number of likely N-dealkylation sites (tertiary alicyclic amines) is 1. The average Bonchev–Trinajstić information content (AvgIpc) is 2.75. The molecule has 1 aliphatic heterocycles. The standard InChI is InChI=1S/C12H21N5/c1-16-7-3-4-11(16)9-17(2)12-6-5-10(8-13)14-15-12/h5-6,11H,3-4,7-9,13H2,1-2H3. The van der Waals surface area contributed by atoms with Crippen molar-refractivity contribution in [3.63, 3.8) is 0 Å². The van der Waals surface area contributed by atoms with E-state index in [0.29, 0.717) is 12.6 Å². The minimum atomic E-state index is 0.447. The van der Waals surface area contributed by atoms with E-state index in [1.807, 2.05) is 12.1 Å². The second-order valence-electron chi connectivity index (χ2n) is 4.74. The van der Waals surface area contributed by atoms with Gasteiger partial charge in [0.1, 0.15) is 0 Å². The summed E-state index contributed by atoms with van der Waals surface area (Å²) in [6, 6.07) is 4.57. The maximum absolute atomic E-state index is 5.50. The lowest BCUT2D eigenvalue weighted by Gasteiger charge is -2.26. The van der Waals surface area contributed by atoms with Crippen LogP contribution in [0.25, 0.3) is 0 Å². The van der Waals surface area contributed by atoms with Crippen molar-refractivity contribution in [2.45, 2.75) is 25.4 Å². The largest absolute Gasteiger partial charge is 0.357 e. The van der Waals surface area contributed by atoms with Gasteiger partial charge in [0, 0.05) is 26.2 Å². The van der Waals surface area contributed by atoms with Crippen molar-refractivity contribution >= 4 is 5.82 Å². The smallest absolute Gasteiger partial charge is 0.151 e. The van der Waals surface area contributed by atoms with E-state index >= 15 is 0 Å². The minimum Gasteiger partial charge on any atom is -0.357 e. The van der Waals surface area contributed by atoms with Crippen LogP contribution in [-0.2, 0) is 6.54 Å². The molecular formula is C12H21N5. The Bertz CT molecular complexity index is 350. The Balaban J connectivity index is 1.96. The molecule has 94 valence electrons. The van der Waals surface area contributed by atoms with E-state index in [0.717, 1.165) is 18.1 Å². The quantitative estimate of drug-likeness (QED) is 0.822. The van der Waals surface area contributed by atoms with Gasteiger partial charge in [-0.3, -0.25) is 0 Å². The normalized spacial score (nSPS) is 20.8. The van der Waals surface area contributed by atoms with Crippen LogP contribution in [0.15, 0.2) is 12.1 Å². The number of hydrogen-bond acceptors (Lipinski definition) is 5. The summed E-state index contributed by atoms with van der Waals surface area (Å²) in [6.07, 6.45) is 2.57. The Kier molecular flexibility index (Phi) is 3.91. The Morgan fingerprint density at radius 2 is 2.29 bits per heavy atom. The van der Waals surface area contributed by atoms with Crippen LogP contribution in [0.3, 0.4) is 0 Å². The van der Waals surface area contributed by atoms with Crippen molar-refractivity contribution in [2.75, 3.05) is 32.1 Å². The number of likely N-dealkylation sites (N-methyl/N-ethyl adjacent to an activating group) is 2. The summed E-state index contributed by atoms with van der Waals surface area (Å²) >= 11 is 0. The summed E-state index contributed by atoms with van der Waals surface area (Å²) in [5, 5.41) is 8.28. The summed E-state index contributed by atoms with van der Waals surface area (Å²) in [7, 11) is 4.26. The zero-order valence-electron chi connectivity index (χ0n) is 10.6. The van der Waals surface area contributed by atoms with Crippen molar-refractivity contribution in [3.8, 4) is 0 Å². The number of hydrogen-bond donors (Lipinski definition) is 1. The zero-order valence-corrected chi connectivity index (χ0v) is 10.6. The summed E-state index contributed by atoms with van der Waals surface area (Å²) in [5.41, 5.74) is 6.34. The van der Waals surface area contributed by atoms with Crippen LogP contribution in [0, 0.1) is 0 Å². The van der Waals surface area contributed by atoms with Gasteiger partial charge in [-0.2, -0.15) is 5.10 Å². The van der Waals surface area contributed by atoms with Crippen LogP contribution in [-0.4, -0.2) is 48.3 Å². The van der Waals surface area contributed by atoms with E-state index in [1.165, 1.54) is 19.4 Å². The molecule has 5 nitrogen and oxygen atoms in total. The van der Waals surface area contributed by atoms with Gasteiger partial charge in [0.05, 0.1) is 5.69 Å². The first-order valence-electron chi connectivity index (χ1n) is 6.14. The van der Waals surface area contributed by atoms with Crippen molar-refractivity contribution in [1.82, 2.24) is 15.1 Å². The second kappa shape index (κ2) is 5.42. The Morgan fingerprint density at radius 1 is 1.47 bits per heavy atom. The van der Waals surface area contributed by atoms with Gasteiger partial charge in [-0.25, -0.2) is 0 Å². The van der Waals surface area contributed by atoms with Crippen molar-refractivity contribution in [2.24, 2.45) is 5.73 Å². The Morgan fingerprint density at radius 3 is 2.82 bits per heavy atom. The maximum atomic E-state index is 5.50. The topological polar surface area (TPSA) is 58.3 Å². The predicted octanol–water partition coefficient (Wildman–Crippen LogP) is 0.466. The van der Waals surface area contributed by atoms with Crippen molar-refractivity contribution in [3.05, 3.63) is 17.8 Å². The van der Waals surface area contributed by atoms with Gasteiger partial charge in [0.2, 0.25) is 0 Å². The summed E-state index contributed by atoms with van der Waals surface area (Å²) < 4.78 is 0. The molecule has 0 aromatic carbocycles. The van der Waals surface area contributed by atoms with E-state index < -0.39 is 0 Å². The van der Waals surface area contributed by atoms with Crippen LogP contribution in [0.4, 0.5) is 5.82 Å². The third kappa shape index (κ3) is 2.92. The van der Waals surface area contributed by atoms with Gasteiger partial charge >= 0.3 is 0 Å². The minimum absolute atomic E-state index is 0.447. The molecular weight excluding hydrogens is 214 g/mol. The van der Waals surface area contributed by atoms with Crippen LogP contribution >= 0.6 is 0 Å². The molecule has 0 aliphatic carbocycles. The van der Waals surface area contributed by atoms with Crippen LogP contribution in [0.2, 0.25) is 0 Å². The molecule has 1 atom stereocenters. The van der Waals surface area contributed by atoms with Crippen molar-refractivity contribution < 1.29 is 0 Å². The highest BCUT2D eigenvalue weighted by Gasteiger charge is 2.22. The molecule has 1 unspecified atom stereocenters. The van der Waals surface area contributed by atoms with E-state index in [1.54, 1.807) is 0 Å². The van der Waals surface area contributed by atoms with E-state index in [-0.39, 0.29) is 0 Å². The third-order valence-corrected chi connectivity index (χ3v) is 3.46. The molecule has 2 N–H and O–H groups in total. The molecule has 5 heteroatoms. The highest BCUT2D eigenvalue weighted by Crippen LogP contribution is 2.17. The predicted molar refractivity (Wildman–Crippen MR) is 68.8 cm³/mol. The average molecular weight is 235 g/mol. The van der Waals surface area contributed by atoms with E-state index in [4.69, 9.17) is 5.73 Å². The number of nitrogens with two attached hydrogens (primary N) is 1. The summed E-state index contributed by atoms with van der Waals surface area (Å²) in [4.78, 5) is 4.58. The van der Waals surface area contributed by atoms with Gasteiger partial charge in [0.15, 0.2) is 5.82 Å². The number of aromatic nitrogens is 2.